The van der Waals surface area contributed by atoms with Crippen molar-refractivity contribution in [1.29, 1.82) is 0 Å². The van der Waals surface area contributed by atoms with E-state index in [1.54, 1.807) is 4.68 Å². The van der Waals surface area contributed by atoms with Gasteiger partial charge in [0, 0.05) is 37.0 Å². The van der Waals surface area contributed by atoms with E-state index < -0.39 is 24.2 Å². The van der Waals surface area contributed by atoms with Crippen LogP contribution in [0.5, 0.6) is 0 Å². The Morgan fingerprint density at radius 2 is 2.00 bits per heavy atom. The Morgan fingerprint density at radius 1 is 1.22 bits per heavy atom. The van der Waals surface area contributed by atoms with Crippen LogP contribution in [0.1, 0.15) is 41.4 Å². The van der Waals surface area contributed by atoms with Crippen molar-refractivity contribution in [3.63, 3.8) is 0 Å². The number of nitrogens with zero attached hydrogens (tertiary/aromatic N) is 5. The molecule has 27 heavy (non-hydrogen) atoms. The van der Waals surface area contributed by atoms with E-state index >= 15 is 0 Å². The molecule has 0 aromatic carbocycles. The Kier molecular flexibility index (Phi) is 7.10. The lowest BCUT2D eigenvalue weighted by atomic mass is 10.1. The lowest BCUT2D eigenvalue weighted by Gasteiger charge is -2.17. The first-order valence-electron chi connectivity index (χ1n) is 8.45. The van der Waals surface area contributed by atoms with Gasteiger partial charge in [-0.25, -0.2) is 4.98 Å². The molecule has 0 radical (unpaired) electrons. The second-order valence-electron chi connectivity index (χ2n) is 6.79. The maximum absolute atomic E-state index is 12.2. The Labute approximate surface area is 168 Å². The molecule has 2 saturated carbocycles. The standard InChI is InChI=1S/C16H20N6O3.2ClH/c23-14-10(7-22-8-13(20-21-22)9-1-2-9)5-11(15(14)24)19-16(25)12-6-17-3-4-18-12;;/h3-4,6,8-11,14-15,23-24H,1-2,5,7H2,(H,19,25);2*1H/t10-,11-,14-,15+;;/m1../s1. The van der Waals surface area contributed by atoms with Crippen molar-refractivity contribution in [1.82, 2.24) is 30.3 Å². The van der Waals surface area contributed by atoms with Gasteiger partial charge in [0.1, 0.15) is 11.8 Å². The molecule has 4 rings (SSSR count). The molecule has 1 amide bonds. The first-order chi connectivity index (χ1) is 12.1. The molecular weight excluding hydrogens is 395 g/mol. The zero-order valence-corrected chi connectivity index (χ0v) is 16.0. The van der Waals surface area contributed by atoms with Crippen LogP contribution in [0.15, 0.2) is 24.8 Å². The van der Waals surface area contributed by atoms with E-state index in [1.807, 2.05) is 6.20 Å². The summed E-state index contributed by atoms with van der Waals surface area (Å²) in [6, 6.07) is -0.541. The predicted octanol–water partition coefficient (Wildman–Crippen LogP) is 0.329. The largest absolute Gasteiger partial charge is 0.390 e. The number of nitrogens with one attached hydrogen (secondary N) is 1. The fourth-order valence-electron chi connectivity index (χ4n) is 3.32. The number of carbonyl (C=O) groups excluding carboxylic acids is 1. The van der Waals surface area contributed by atoms with Crippen LogP contribution in [0, 0.1) is 5.92 Å². The van der Waals surface area contributed by atoms with Crippen LogP contribution in [0.3, 0.4) is 0 Å². The van der Waals surface area contributed by atoms with Gasteiger partial charge in [0.15, 0.2) is 0 Å². The van der Waals surface area contributed by atoms with Crippen molar-refractivity contribution in [2.45, 2.75) is 50.0 Å². The molecule has 2 aliphatic rings. The lowest BCUT2D eigenvalue weighted by molar-refractivity contribution is 0.00759. The van der Waals surface area contributed by atoms with E-state index in [0.717, 1.165) is 18.5 Å². The maximum Gasteiger partial charge on any atom is 0.271 e. The first-order valence-corrected chi connectivity index (χ1v) is 8.45. The molecule has 0 unspecified atom stereocenters. The molecule has 4 atom stereocenters. The van der Waals surface area contributed by atoms with Crippen molar-refractivity contribution >= 4 is 30.7 Å². The first kappa shape index (κ1) is 21.5. The summed E-state index contributed by atoms with van der Waals surface area (Å²) in [5.41, 5.74) is 1.17. The highest BCUT2D eigenvalue weighted by Crippen LogP contribution is 2.38. The fourth-order valence-corrected chi connectivity index (χ4v) is 3.32. The van der Waals surface area contributed by atoms with Gasteiger partial charge >= 0.3 is 0 Å². The Morgan fingerprint density at radius 3 is 2.67 bits per heavy atom. The van der Waals surface area contributed by atoms with Crippen molar-refractivity contribution in [3.8, 4) is 0 Å². The number of aliphatic hydroxyl groups is 2. The molecule has 3 N–H and O–H groups in total. The Balaban J connectivity index is 0.00000131. The average molecular weight is 417 g/mol. The molecule has 0 bridgehead atoms. The van der Waals surface area contributed by atoms with Crippen molar-refractivity contribution < 1.29 is 15.0 Å². The zero-order chi connectivity index (χ0) is 17.4. The van der Waals surface area contributed by atoms with Crippen molar-refractivity contribution in [2.24, 2.45) is 5.92 Å². The van der Waals surface area contributed by atoms with Gasteiger partial charge in [0.2, 0.25) is 0 Å². The molecule has 0 aliphatic heterocycles. The summed E-state index contributed by atoms with van der Waals surface area (Å²) < 4.78 is 1.71. The number of carbonyl (C=O) groups is 1. The van der Waals surface area contributed by atoms with E-state index in [-0.39, 0.29) is 36.4 Å². The van der Waals surface area contributed by atoms with Gasteiger partial charge in [-0.3, -0.25) is 14.5 Å². The number of hydrogen-bond acceptors (Lipinski definition) is 7. The molecule has 2 heterocycles. The van der Waals surface area contributed by atoms with Crippen LogP contribution in [-0.2, 0) is 6.54 Å². The molecule has 11 heteroatoms. The second kappa shape index (κ2) is 8.92. The summed E-state index contributed by atoms with van der Waals surface area (Å²) in [5.74, 6) is -0.107. The molecule has 2 fully saturated rings. The summed E-state index contributed by atoms with van der Waals surface area (Å²) in [6.07, 6.45) is 6.97. The van der Waals surface area contributed by atoms with E-state index in [9.17, 15) is 15.0 Å². The topological polar surface area (TPSA) is 126 Å². The van der Waals surface area contributed by atoms with Crippen LogP contribution in [0.4, 0.5) is 0 Å². The van der Waals surface area contributed by atoms with E-state index in [0.29, 0.717) is 18.9 Å². The molecule has 2 aromatic rings. The van der Waals surface area contributed by atoms with Gasteiger partial charge in [0.25, 0.3) is 5.91 Å². The van der Waals surface area contributed by atoms with Crippen LogP contribution in [-0.4, -0.2) is 59.3 Å². The minimum atomic E-state index is -1.03. The molecule has 148 valence electrons. The Bertz CT molecular complexity index is 758. The van der Waals surface area contributed by atoms with Gasteiger partial charge in [-0.2, -0.15) is 0 Å². The zero-order valence-electron chi connectivity index (χ0n) is 14.4. The second-order valence-corrected chi connectivity index (χ2v) is 6.79. The van der Waals surface area contributed by atoms with Crippen molar-refractivity contribution in [3.05, 3.63) is 36.2 Å². The number of hydrogen-bond donors (Lipinski definition) is 3. The highest BCUT2D eigenvalue weighted by molar-refractivity contribution is 5.92. The summed E-state index contributed by atoms with van der Waals surface area (Å²) in [4.78, 5) is 20.0. The van der Waals surface area contributed by atoms with Crippen LogP contribution < -0.4 is 5.32 Å². The lowest BCUT2D eigenvalue weighted by Crippen LogP contribution is -2.43. The minimum absolute atomic E-state index is 0. The smallest absolute Gasteiger partial charge is 0.271 e. The quantitative estimate of drug-likeness (QED) is 0.640. The predicted molar refractivity (Wildman–Crippen MR) is 99.9 cm³/mol. The molecule has 0 spiro atoms. The number of rotatable bonds is 5. The van der Waals surface area contributed by atoms with Crippen LogP contribution in [0.25, 0.3) is 0 Å². The molecule has 2 aliphatic carbocycles. The summed E-state index contributed by atoms with van der Waals surface area (Å²) in [6.45, 7) is 0.454. The molecule has 0 saturated heterocycles. The van der Waals surface area contributed by atoms with E-state index in [2.05, 4.69) is 25.6 Å². The normalized spacial score (nSPS) is 26.7. The van der Waals surface area contributed by atoms with Crippen molar-refractivity contribution in [2.75, 3.05) is 0 Å². The van der Waals surface area contributed by atoms with Gasteiger partial charge in [-0.1, -0.05) is 5.21 Å². The summed E-state index contributed by atoms with van der Waals surface area (Å²) in [7, 11) is 0. The number of amides is 1. The molecule has 2 aromatic heterocycles. The van der Waals surface area contributed by atoms with Gasteiger partial charge in [-0.15, -0.1) is 29.9 Å². The highest BCUT2D eigenvalue weighted by atomic mass is 35.5. The average Bonchev–Trinajstić information content (AvgIpc) is 3.33. The number of aliphatic hydroxyl groups excluding tert-OH is 2. The third kappa shape index (κ3) is 4.73. The minimum Gasteiger partial charge on any atom is -0.390 e. The third-order valence-electron chi connectivity index (χ3n) is 4.89. The third-order valence-corrected chi connectivity index (χ3v) is 4.89. The highest BCUT2D eigenvalue weighted by Gasteiger charge is 2.42. The van der Waals surface area contributed by atoms with Crippen LogP contribution >= 0.6 is 24.8 Å². The summed E-state index contributed by atoms with van der Waals surface area (Å²) in [5, 5.41) is 31.6. The monoisotopic (exact) mass is 416 g/mol. The van der Waals surface area contributed by atoms with E-state index in [4.69, 9.17) is 0 Å². The summed E-state index contributed by atoms with van der Waals surface area (Å²) >= 11 is 0. The number of halogens is 2. The SMILES string of the molecule is Cl.Cl.O=C(N[C@@H]1C[C@H](Cn2cc(C3CC3)nn2)[C@@H](O)[C@H]1O)c1cnccn1. The Hall–Kier alpha value is -1.81. The number of aromatic nitrogens is 5. The van der Waals surface area contributed by atoms with Gasteiger partial charge in [-0.05, 0) is 19.3 Å². The van der Waals surface area contributed by atoms with Gasteiger partial charge < -0.3 is 15.5 Å². The molecular formula is C16H22Cl2N6O3. The molecule has 9 nitrogen and oxygen atoms in total. The van der Waals surface area contributed by atoms with Crippen LogP contribution in [0.2, 0.25) is 0 Å². The fraction of sp³-hybridized carbons (Fsp3) is 0.562. The maximum atomic E-state index is 12.2. The van der Waals surface area contributed by atoms with Gasteiger partial charge in [0.05, 0.1) is 24.0 Å². The van der Waals surface area contributed by atoms with E-state index in [1.165, 1.54) is 18.6 Å².